The number of Topliss-reactive ketones (excluding diaryl/α,β-unsaturated/α-hetero) is 1. The molecule has 0 radical (unpaired) electrons. The van der Waals surface area contributed by atoms with Crippen LogP contribution in [0.5, 0.6) is 5.88 Å². The van der Waals surface area contributed by atoms with Gasteiger partial charge in [-0.05, 0) is 13.8 Å². The maximum atomic E-state index is 12.1. The van der Waals surface area contributed by atoms with Gasteiger partial charge in [0.1, 0.15) is 5.78 Å². The summed E-state index contributed by atoms with van der Waals surface area (Å²) in [6.07, 6.45) is -1.41. The molecule has 2 fully saturated rings. The molecule has 1 atom stereocenters. The number of ketones is 1. The number of aliphatic hydroxyl groups is 1. The van der Waals surface area contributed by atoms with Gasteiger partial charge < -0.3 is 24.5 Å². The summed E-state index contributed by atoms with van der Waals surface area (Å²) in [7, 11) is 0. The van der Waals surface area contributed by atoms with E-state index in [2.05, 4.69) is 9.97 Å². The second-order valence-corrected chi connectivity index (χ2v) is 8.55. The van der Waals surface area contributed by atoms with Crippen LogP contribution >= 0.6 is 11.8 Å². The number of hydrogen-bond acceptors (Lipinski definition) is 11. The van der Waals surface area contributed by atoms with Crippen molar-refractivity contribution < 1.29 is 24.4 Å². The van der Waals surface area contributed by atoms with Gasteiger partial charge in [0.05, 0.1) is 11.3 Å². The van der Waals surface area contributed by atoms with E-state index in [4.69, 9.17) is 4.74 Å². The molecule has 2 saturated heterocycles. The molecule has 1 unspecified atom stereocenters. The van der Waals surface area contributed by atoms with E-state index < -0.39 is 11.2 Å². The molecule has 3 rings (SSSR count). The van der Waals surface area contributed by atoms with E-state index in [0.29, 0.717) is 39.3 Å². The van der Waals surface area contributed by atoms with E-state index in [1.54, 1.807) is 16.7 Å². The SMILES string of the molecule is CC(=O)CC(=O)N1CCN(c2nc(OC(C)O)c([N+](=O)[O-])c(N3CCSCC3)n2)CC1. The van der Waals surface area contributed by atoms with Gasteiger partial charge in [0.2, 0.25) is 17.7 Å². The summed E-state index contributed by atoms with van der Waals surface area (Å²) in [5.41, 5.74) is -0.369. The number of ether oxygens (including phenoxy) is 1. The van der Waals surface area contributed by atoms with E-state index >= 15 is 0 Å². The highest BCUT2D eigenvalue weighted by Gasteiger charge is 2.33. The van der Waals surface area contributed by atoms with E-state index in [0.717, 1.165) is 11.5 Å². The molecule has 1 N–H and O–H groups in total. The molecule has 2 aliphatic heterocycles. The molecule has 3 heterocycles. The number of piperazine rings is 1. The molecule has 170 valence electrons. The lowest BCUT2D eigenvalue weighted by Crippen LogP contribution is -2.49. The van der Waals surface area contributed by atoms with Gasteiger partial charge in [-0.3, -0.25) is 19.7 Å². The van der Waals surface area contributed by atoms with Gasteiger partial charge in [0, 0.05) is 50.8 Å². The Morgan fingerprint density at radius 2 is 1.81 bits per heavy atom. The van der Waals surface area contributed by atoms with Crippen LogP contribution in [0, 0.1) is 10.1 Å². The van der Waals surface area contributed by atoms with E-state index in [1.807, 2.05) is 9.80 Å². The largest absolute Gasteiger partial charge is 0.443 e. The van der Waals surface area contributed by atoms with Crippen molar-refractivity contribution in [3.63, 3.8) is 0 Å². The van der Waals surface area contributed by atoms with Crippen LogP contribution in [0.2, 0.25) is 0 Å². The summed E-state index contributed by atoms with van der Waals surface area (Å²) in [6.45, 7) is 5.51. The zero-order chi connectivity index (χ0) is 22.5. The van der Waals surface area contributed by atoms with Crippen molar-refractivity contribution >= 4 is 40.9 Å². The number of amides is 1. The molecule has 1 aromatic rings. The number of carbonyl (C=O) groups is 2. The fourth-order valence-corrected chi connectivity index (χ4v) is 4.34. The lowest BCUT2D eigenvalue weighted by molar-refractivity contribution is -0.386. The molecule has 1 aromatic heterocycles. The number of aromatic nitrogens is 2. The number of anilines is 2. The number of aliphatic hydroxyl groups excluding tert-OH is 1. The quantitative estimate of drug-likeness (QED) is 0.263. The average Bonchev–Trinajstić information content (AvgIpc) is 2.72. The standard InChI is InChI=1S/C18H26N6O6S/c1-12(25)11-14(27)21-3-5-23(6-4-21)18-19-16(22-7-9-31-10-8-22)15(24(28)29)17(20-18)30-13(2)26/h13,26H,3-11H2,1-2H3. The fourth-order valence-electron chi connectivity index (χ4n) is 3.43. The van der Waals surface area contributed by atoms with Gasteiger partial charge in [-0.2, -0.15) is 21.7 Å². The van der Waals surface area contributed by atoms with Crippen LogP contribution in [0.3, 0.4) is 0 Å². The molecule has 12 nitrogen and oxygen atoms in total. The Morgan fingerprint density at radius 1 is 1.16 bits per heavy atom. The third-order valence-corrected chi connectivity index (χ3v) is 5.86. The van der Waals surface area contributed by atoms with Crippen molar-refractivity contribution in [1.29, 1.82) is 0 Å². The number of nitro groups is 1. The Kier molecular flexibility index (Phi) is 7.49. The number of thioether (sulfide) groups is 1. The predicted molar refractivity (Wildman–Crippen MR) is 115 cm³/mol. The fraction of sp³-hybridized carbons (Fsp3) is 0.667. The van der Waals surface area contributed by atoms with Crippen molar-refractivity contribution in [2.45, 2.75) is 26.6 Å². The van der Waals surface area contributed by atoms with Crippen LogP contribution < -0.4 is 14.5 Å². The first-order chi connectivity index (χ1) is 14.8. The molecule has 0 bridgehead atoms. The van der Waals surface area contributed by atoms with Crippen LogP contribution in [-0.4, -0.2) is 93.7 Å². The molecule has 13 heteroatoms. The number of nitrogens with zero attached hydrogens (tertiary/aromatic N) is 6. The topological polar surface area (TPSA) is 142 Å². The second kappa shape index (κ2) is 10.1. The summed E-state index contributed by atoms with van der Waals surface area (Å²) in [6, 6.07) is 0. The first kappa shape index (κ1) is 23.0. The third-order valence-electron chi connectivity index (χ3n) is 4.91. The molecule has 1 amide bonds. The van der Waals surface area contributed by atoms with Crippen molar-refractivity contribution in [1.82, 2.24) is 14.9 Å². The lowest BCUT2D eigenvalue weighted by atomic mass is 10.2. The zero-order valence-corrected chi connectivity index (χ0v) is 18.3. The van der Waals surface area contributed by atoms with Gasteiger partial charge >= 0.3 is 11.6 Å². The maximum Gasteiger partial charge on any atom is 0.373 e. The zero-order valence-electron chi connectivity index (χ0n) is 17.5. The van der Waals surface area contributed by atoms with Gasteiger partial charge in [-0.1, -0.05) is 0 Å². The number of carbonyl (C=O) groups excluding carboxylic acids is 2. The van der Waals surface area contributed by atoms with Gasteiger partial charge in [0.25, 0.3) is 0 Å². The normalized spacial score (nSPS) is 18.0. The summed E-state index contributed by atoms with van der Waals surface area (Å²) in [5.74, 6) is 1.36. The Labute approximate surface area is 183 Å². The van der Waals surface area contributed by atoms with Crippen LogP contribution in [0.1, 0.15) is 20.3 Å². The molecule has 31 heavy (non-hydrogen) atoms. The van der Waals surface area contributed by atoms with Crippen molar-refractivity contribution in [3.05, 3.63) is 10.1 Å². The number of rotatable bonds is 7. The third kappa shape index (κ3) is 5.73. The van der Waals surface area contributed by atoms with Crippen LogP contribution in [-0.2, 0) is 9.59 Å². The lowest BCUT2D eigenvalue weighted by Gasteiger charge is -2.35. The summed E-state index contributed by atoms with van der Waals surface area (Å²) >= 11 is 1.76. The van der Waals surface area contributed by atoms with Gasteiger partial charge in [0.15, 0.2) is 6.29 Å². The molecule has 0 aliphatic carbocycles. The molecular formula is C18H26N6O6S. The Balaban J connectivity index is 1.89. The van der Waals surface area contributed by atoms with E-state index in [1.165, 1.54) is 13.8 Å². The molecular weight excluding hydrogens is 428 g/mol. The summed E-state index contributed by atoms with van der Waals surface area (Å²) in [4.78, 5) is 48.6. The molecule has 2 aliphatic rings. The highest BCUT2D eigenvalue weighted by Crippen LogP contribution is 2.37. The Hall–Kier alpha value is -2.67. The Bertz CT molecular complexity index is 839. The first-order valence-corrected chi connectivity index (χ1v) is 11.2. The molecule has 0 saturated carbocycles. The Morgan fingerprint density at radius 3 is 2.35 bits per heavy atom. The molecule has 0 aromatic carbocycles. The van der Waals surface area contributed by atoms with Gasteiger partial charge in [-0.15, -0.1) is 0 Å². The van der Waals surface area contributed by atoms with Crippen LogP contribution in [0.25, 0.3) is 0 Å². The minimum atomic E-state index is -1.28. The second-order valence-electron chi connectivity index (χ2n) is 7.32. The minimum absolute atomic E-state index is 0.127. The maximum absolute atomic E-state index is 12.1. The minimum Gasteiger partial charge on any atom is -0.443 e. The van der Waals surface area contributed by atoms with Gasteiger partial charge in [-0.25, -0.2) is 0 Å². The van der Waals surface area contributed by atoms with E-state index in [-0.39, 0.29) is 41.4 Å². The van der Waals surface area contributed by atoms with Crippen molar-refractivity contribution in [2.75, 3.05) is 60.6 Å². The smallest absolute Gasteiger partial charge is 0.373 e. The number of hydrogen-bond donors (Lipinski definition) is 1. The van der Waals surface area contributed by atoms with Crippen LogP contribution in [0.15, 0.2) is 0 Å². The summed E-state index contributed by atoms with van der Waals surface area (Å²) in [5, 5.41) is 21.5. The first-order valence-electron chi connectivity index (χ1n) is 10.0. The highest BCUT2D eigenvalue weighted by molar-refractivity contribution is 7.99. The monoisotopic (exact) mass is 454 g/mol. The van der Waals surface area contributed by atoms with Crippen molar-refractivity contribution in [2.24, 2.45) is 0 Å². The van der Waals surface area contributed by atoms with Crippen LogP contribution in [0.4, 0.5) is 17.5 Å². The molecule has 0 spiro atoms. The van der Waals surface area contributed by atoms with E-state index in [9.17, 15) is 24.8 Å². The average molecular weight is 455 g/mol. The summed E-state index contributed by atoms with van der Waals surface area (Å²) < 4.78 is 5.27. The predicted octanol–water partition coefficient (Wildman–Crippen LogP) is 0.283. The van der Waals surface area contributed by atoms with Crippen molar-refractivity contribution in [3.8, 4) is 5.88 Å². The highest BCUT2D eigenvalue weighted by atomic mass is 32.2.